The van der Waals surface area contributed by atoms with Gasteiger partial charge in [0.1, 0.15) is 11.2 Å². The van der Waals surface area contributed by atoms with Crippen molar-refractivity contribution in [1.82, 2.24) is 0 Å². The number of oxime groups is 1. The molecule has 0 radical (unpaired) electrons. The first kappa shape index (κ1) is 14.3. The molecule has 0 aliphatic heterocycles. The quantitative estimate of drug-likeness (QED) is 0.343. The minimum Gasteiger partial charge on any atom is -0.409 e. The van der Waals surface area contributed by atoms with Crippen LogP contribution in [0.3, 0.4) is 0 Å². The number of amides is 1. The minimum atomic E-state index is -0.962. The summed E-state index contributed by atoms with van der Waals surface area (Å²) in [4.78, 5) is 12.4. The van der Waals surface area contributed by atoms with E-state index in [0.717, 1.165) is 0 Å². The number of nitrogens with zero attached hydrogens (tertiary/aromatic N) is 1. The molecule has 20 heavy (non-hydrogen) atoms. The van der Waals surface area contributed by atoms with Gasteiger partial charge < -0.3 is 16.3 Å². The summed E-state index contributed by atoms with van der Waals surface area (Å²) in [6, 6.07) is 4.34. The van der Waals surface area contributed by atoms with Gasteiger partial charge in [0.05, 0.1) is 0 Å². The van der Waals surface area contributed by atoms with E-state index in [1.807, 2.05) is 6.92 Å². The Hall–Kier alpha value is -2.11. The van der Waals surface area contributed by atoms with Crippen molar-refractivity contribution >= 4 is 17.4 Å². The lowest BCUT2D eigenvalue weighted by Gasteiger charge is -2.43. The van der Waals surface area contributed by atoms with Crippen LogP contribution in [0.5, 0.6) is 0 Å². The Morgan fingerprint density at radius 1 is 1.55 bits per heavy atom. The van der Waals surface area contributed by atoms with E-state index in [2.05, 4.69) is 10.5 Å². The standard InChI is InChI=1S/C14H18FN3O2/c1-8-6-14(7-8,12(16)18-20)13(19)17-10-3-4-11(15)9(2)5-10/h3-5,8,20H,6-7H2,1-2H3,(H2,16,18)(H,17,19). The number of carbonyl (C=O) groups excluding carboxylic acids is 1. The molecule has 0 atom stereocenters. The van der Waals surface area contributed by atoms with E-state index in [4.69, 9.17) is 10.9 Å². The monoisotopic (exact) mass is 279 g/mol. The fraction of sp³-hybridized carbons (Fsp3) is 0.429. The largest absolute Gasteiger partial charge is 0.409 e. The molecule has 5 nitrogen and oxygen atoms in total. The third kappa shape index (κ3) is 2.33. The van der Waals surface area contributed by atoms with Crippen molar-refractivity contribution in [3.8, 4) is 0 Å². The second-order valence-electron chi connectivity index (χ2n) is 5.50. The van der Waals surface area contributed by atoms with Crippen LogP contribution in [0.1, 0.15) is 25.3 Å². The smallest absolute Gasteiger partial charge is 0.238 e. The van der Waals surface area contributed by atoms with E-state index in [1.165, 1.54) is 12.1 Å². The highest BCUT2D eigenvalue weighted by atomic mass is 19.1. The van der Waals surface area contributed by atoms with Gasteiger partial charge in [-0.2, -0.15) is 0 Å². The van der Waals surface area contributed by atoms with Gasteiger partial charge in [0, 0.05) is 5.69 Å². The predicted octanol–water partition coefficient (Wildman–Crippen LogP) is 2.24. The molecule has 2 rings (SSSR count). The van der Waals surface area contributed by atoms with Crippen molar-refractivity contribution in [2.75, 3.05) is 5.32 Å². The maximum Gasteiger partial charge on any atom is 0.238 e. The number of hydrogen-bond donors (Lipinski definition) is 3. The molecule has 0 unspecified atom stereocenters. The van der Waals surface area contributed by atoms with Crippen LogP contribution in [-0.2, 0) is 4.79 Å². The van der Waals surface area contributed by atoms with Gasteiger partial charge >= 0.3 is 0 Å². The fourth-order valence-electron chi connectivity index (χ4n) is 2.71. The lowest BCUT2D eigenvalue weighted by molar-refractivity contribution is -0.127. The molecule has 0 aromatic heterocycles. The Kier molecular flexibility index (Phi) is 3.65. The Bertz CT molecular complexity index is 566. The van der Waals surface area contributed by atoms with Crippen molar-refractivity contribution in [3.05, 3.63) is 29.6 Å². The van der Waals surface area contributed by atoms with Crippen LogP contribution >= 0.6 is 0 Å². The Labute approximate surface area is 116 Å². The number of aryl methyl sites for hydroxylation is 1. The number of anilines is 1. The van der Waals surface area contributed by atoms with Gasteiger partial charge in [-0.15, -0.1) is 0 Å². The van der Waals surface area contributed by atoms with Crippen LogP contribution in [-0.4, -0.2) is 17.0 Å². The summed E-state index contributed by atoms with van der Waals surface area (Å²) in [7, 11) is 0. The van der Waals surface area contributed by atoms with Gasteiger partial charge in [-0.25, -0.2) is 4.39 Å². The highest BCUT2D eigenvalue weighted by Gasteiger charge is 2.52. The Balaban J connectivity index is 2.20. The molecule has 1 aromatic carbocycles. The Morgan fingerprint density at radius 2 is 2.20 bits per heavy atom. The summed E-state index contributed by atoms with van der Waals surface area (Å²) < 4.78 is 13.2. The predicted molar refractivity (Wildman–Crippen MR) is 74.0 cm³/mol. The molecule has 1 fully saturated rings. The number of rotatable bonds is 3. The number of nitrogens with two attached hydrogens (primary N) is 1. The van der Waals surface area contributed by atoms with Crippen LogP contribution in [0.2, 0.25) is 0 Å². The second-order valence-corrected chi connectivity index (χ2v) is 5.50. The molecule has 0 bridgehead atoms. The van der Waals surface area contributed by atoms with E-state index < -0.39 is 5.41 Å². The molecule has 1 aliphatic carbocycles. The van der Waals surface area contributed by atoms with Crippen LogP contribution in [0.4, 0.5) is 10.1 Å². The van der Waals surface area contributed by atoms with Crippen LogP contribution in [0.25, 0.3) is 0 Å². The van der Waals surface area contributed by atoms with Gasteiger partial charge in [0.25, 0.3) is 0 Å². The third-order valence-electron chi connectivity index (χ3n) is 3.84. The normalized spacial score (nSPS) is 25.9. The van der Waals surface area contributed by atoms with Crippen molar-refractivity contribution in [2.45, 2.75) is 26.7 Å². The lowest BCUT2D eigenvalue weighted by Crippen LogP contribution is -2.54. The summed E-state index contributed by atoms with van der Waals surface area (Å²) in [6.07, 6.45) is 1.07. The number of halogens is 1. The molecule has 4 N–H and O–H groups in total. The number of amidine groups is 1. The third-order valence-corrected chi connectivity index (χ3v) is 3.84. The topological polar surface area (TPSA) is 87.7 Å². The van der Waals surface area contributed by atoms with Gasteiger partial charge in [-0.05, 0) is 49.4 Å². The maximum absolute atomic E-state index is 13.2. The number of nitrogens with one attached hydrogen (secondary N) is 1. The molecule has 1 saturated carbocycles. The number of carbonyl (C=O) groups is 1. The molecule has 0 heterocycles. The van der Waals surface area contributed by atoms with E-state index in [9.17, 15) is 9.18 Å². The average molecular weight is 279 g/mol. The van der Waals surface area contributed by atoms with Crippen LogP contribution in [0, 0.1) is 24.1 Å². The number of hydrogen-bond acceptors (Lipinski definition) is 3. The zero-order valence-corrected chi connectivity index (χ0v) is 11.5. The van der Waals surface area contributed by atoms with Gasteiger partial charge in [-0.3, -0.25) is 4.79 Å². The zero-order chi connectivity index (χ0) is 14.9. The first-order chi connectivity index (χ1) is 9.39. The van der Waals surface area contributed by atoms with E-state index in [-0.39, 0.29) is 17.6 Å². The molecule has 1 aliphatic rings. The fourth-order valence-corrected chi connectivity index (χ4v) is 2.71. The molecular weight excluding hydrogens is 261 g/mol. The average Bonchev–Trinajstić information content (AvgIpc) is 2.38. The van der Waals surface area contributed by atoms with E-state index >= 15 is 0 Å². The Morgan fingerprint density at radius 3 is 2.70 bits per heavy atom. The van der Waals surface area contributed by atoms with Crippen molar-refractivity contribution in [3.63, 3.8) is 0 Å². The summed E-state index contributed by atoms with van der Waals surface area (Å²) in [5.41, 5.74) is 5.65. The van der Waals surface area contributed by atoms with Crippen LogP contribution in [0.15, 0.2) is 23.4 Å². The van der Waals surface area contributed by atoms with E-state index in [0.29, 0.717) is 30.0 Å². The van der Waals surface area contributed by atoms with Crippen molar-refractivity contribution in [1.29, 1.82) is 0 Å². The molecule has 1 aromatic rings. The highest BCUT2D eigenvalue weighted by molar-refractivity contribution is 6.12. The van der Waals surface area contributed by atoms with Gasteiger partial charge in [0.15, 0.2) is 5.84 Å². The first-order valence-corrected chi connectivity index (χ1v) is 6.44. The SMILES string of the molecule is Cc1cc(NC(=O)C2(/C(N)=N/O)CC(C)C2)ccc1F. The molecule has 0 saturated heterocycles. The van der Waals surface area contributed by atoms with Crippen molar-refractivity contribution in [2.24, 2.45) is 22.2 Å². The zero-order valence-electron chi connectivity index (χ0n) is 11.5. The molecule has 108 valence electrons. The van der Waals surface area contributed by atoms with Crippen LogP contribution < -0.4 is 11.1 Å². The first-order valence-electron chi connectivity index (χ1n) is 6.44. The highest BCUT2D eigenvalue weighted by Crippen LogP contribution is 2.46. The van der Waals surface area contributed by atoms with Gasteiger partial charge in [-0.1, -0.05) is 12.1 Å². The molecule has 0 spiro atoms. The lowest BCUT2D eigenvalue weighted by atomic mass is 9.61. The summed E-state index contributed by atoms with van der Waals surface area (Å²) in [5.74, 6) is -0.383. The molecule has 1 amide bonds. The molecular formula is C14H18FN3O2. The van der Waals surface area contributed by atoms with Crippen molar-refractivity contribution < 1.29 is 14.4 Å². The minimum absolute atomic E-state index is 0.0769. The summed E-state index contributed by atoms with van der Waals surface area (Å²) >= 11 is 0. The van der Waals surface area contributed by atoms with Gasteiger partial charge in [0.2, 0.25) is 5.91 Å². The summed E-state index contributed by atoms with van der Waals surface area (Å²) in [5, 5.41) is 14.5. The second kappa shape index (κ2) is 5.11. The number of benzene rings is 1. The maximum atomic E-state index is 13.2. The van der Waals surface area contributed by atoms with E-state index in [1.54, 1.807) is 13.0 Å². The summed E-state index contributed by atoms with van der Waals surface area (Å²) in [6.45, 7) is 3.62. The molecule has 6 heteroatoms.